The van der Waals surface area contributed by atoms with Crippen LogP contribution in [-0.2, 0) is 16.1 Å². The minimum atomic E-state index is -0.292. The van der Waals surface area contributed by atoms with Gasteiger partial charge in [-0.1, -0.05) is 0 Å². The van der Waals surface area contributed by atoms with Crippen molar-refractivity contribution in [3.8, 4) is 0 Å². The Bertz CT molecular complexity index is 399. The first kappa shape index (κ1) is 10.6. The largest absolute Gasteiger partial charge is 0.352 e. The molecule has 6 nitrogen and oxygen atoms in total. The van der Waals surface area contributed by atoms with Crippen LogP contribution in [0.3, 0.4) is 0 Å². The van der Waals surface area contributed by atoms with E-state index < -0.39 is 0 Å². The van der Waals surface area contributed by atoms with E-state index in [-0.39, 0.29) is 24.9 Å². The molecule has 84 valence electrons. The first-order valence-corrected chi connectivity index (χ1v) is 4.91. The lowest BCUT2D eigenvalue weighted by Crippen LogP contribution is -2.51. The van der Waals surface area contributed by atoms with Gasteiger partial charge in [0.05, 0.1) is 30.7 Å². The van der Waals surface area contributed by atoms with Crippen LogP contribution in [-0.4, -0.2) is 29.9 Å². The lowest BCUT2D eigenvalue weighted by molar-refractivity contribution is -0.130. The molecule has 0 radical (unpaired) electrons. The molecule has 2 amide bonds. The Kier molecular flexibility index (Phi) is 2.82. The van der Waals surface area contributed by atoms with Crippen molar-refractivity contribution in [2.45, 2.75) is 6.54 Å². The van der Waals surface area contributed by atoms with E-state index in [0.29, 0.717) is 6.54 Å². The van der Waals surface area contributed by atoms with Crippen LogP contribution in [0.15, 0.2) is 18.3 Å². The SMILES string of the molecule is NCc1ccc(N2CC(=O)NC(=O)C2)cn1. The molecule has 1 saturated heterocycles. The summed E-state index contributed by atoms with van der Waals surface area (Å²) < 4.78 is 0. The Balaban J connectivity index is 2.16. The number of amides is 2. The molecule has 1 aliphatic heterocycles. The molecule has 2 heterocycles. The summed E-state index contributed by atoms with van der Waals surface area (Å²) in [6.45, 7) is 0.727. The van der Waals surface area contributed by atoms with Gasteiger partial charge in [-0.15, -0.1) is 0 Å². The molecule has 0 bridgehead atoms. The van der Waals surface area contributed by atoms with Crippen LogP contribution in [0.2, 0.25) is 0 Å². The Morgan fingerprint density at radius 3 is 2.50 bits per heavy atom. The van der Waals surface area contributed by atoms with E-state index in [4.69, 9.17) is 5.73 Å². The fourth-order valence-corrected chi connectivity index (χ4v) is 1.54. The molecule has 1 aromatic heterocycles. The van der Waals surface area contributed by atoms with Crippen molar-refractivity contribution in [1.82, 2.24) is 10.3 Å². The van der Waals surface area contributed by atoms with E-state index in [9.17, 15) is 9.59 Å². The summed E-state index contributed by atoms with van der Waals surface area (Å²) in [5, 5.41) is 2.24. The summed E-state index contributed by atoms with van der Waals surface area (Å²) >= 11 is 0. The molecule has 1 fully saturated rings. The van der Waals surface area contributed by atoms with Crippen molar-refractivity contribution in [2.75, 3.05) is 18.0 Å². The third kappa shape index (κ3) is 2.17. The average molecular weight is 220 g/mol. The number of anilines is 1. The molecule has 0 aromatic carbocycles. The van der Waals surface area contributed by atoms with E-state index in [0.717, 1.165) is 11.4 Å². The van der Waals surface area contributed by atoms with E-state index in [1.54, 1.807) is 23.2 Å². The van der Waals surface area contributed by atoms with Crippen molar-refractivity contribution in [3.05, 3.63) is 24.0 Å². The maximum absolute atomic E-state index is 11.2. The van der Waals surface area contributed by atoms with Crippen molar-refractivity contribution >= 4 is 17.5 Å². The number of hydrogen-bond donors (Lipinski definition) is 2. The second kappa shape index (κ2) is 4.28. The van der Waals surface area contributed by atoms with Gasteiger partial charge in [0.2, 0.25) is 11.8 Å². The molecule has 16 heavy (non-hydrogen) atoms. The summed E-state index contributed by atoms with van der Waals surface area (Å²) in [5.74, 6) is -0.585. The van der Waals surface area contributed by atoms with Crippen molar-refractivity contribution in [2.24, 2.45) is 5.73 Å². The Morgan fingerprint density at radius 1 is 1.31 bits per heavy atom. The molecule has 0 spiro atoms. The van der Waals surface area contributed by atoms with E-state index in [1.807, 2.05) is 0 Å². The van der Waals surface area contributed by atoms with Crippen LogP contribution in [0.4, 0.5) is 5.69 Å². The number of aromatic nitrogens is 1. The van der Waals surface area contributed by atoms with Gasteiger partial charge in [0.1, 0.15) is 0 Å². The number of carbonyl (C=O) groups excluding carboxylic acids is 2. The van der Waals surface area contributed by atoms with Crippen LogP contribution >= 0.6 is 0 Å². The van der Waals surface area contributed by atoms with E-state index in [2.05, 4.69) is 10.3 Å². The quantitative estimate of drug-likeness (QED) is 0.624. The zero-order valence-electron chi connectivity index (χ0n) is 8.64. The molecule has 2 rings (SSSR count). The van der Waals surface area contributed by atoms with Gasteiger partial charge in [-0.05, 0) is 12.1 Å². The minimum absolute atomic E-state index is 0.176. The number of nitrogens with zero attached hydrogens (tertiary/aromatic N) is 2. The second-order valence-electron chi connectivity index (χ2n) is 3.54. The number of hydrogen-bond acceptors (Lipinski definition) is 5. The minimum Gasteiger partial charge on any atom is -0.352 e. The van der Waals surface area contributed by atoms with Gasteiger partial charge in [-0.2, -0.15) is 0 Å². The highest BCUT2D eigenvalue weighted by Crippen LogP contribution is 2.13. The number of piperazine rings is 1. The molecule has 0 unspecified atom stereocenters. The summed E-state index contributed by atoms with van der Waals surface area (Å²) in [6, 6.07) is 3.59. The van der Waals surface area contributed by atoms with Gasteiger partial charge in [0.15, 0.2) is 0 Å². The highest BCUT2D eigenvalue weighted by Gasteiger charge is 2.22. The molecule has 6 heteroatoms. The van der Waals surface area contributed by atoms with Crippen LogP contribution in [0, 0.1) is 0 Å². The molecule has 0 aliphatic carbocycles. The van der Waals surface area contributed by atoms with Gasteiger partial charge < -0.3 is 10.6 Å². The number of nitrogens with two attached hydrogens (primary N) is 1. The normalized spacial score (nSPS) is 16.2. The molecule has 1 aliphatic rings. The van der Waals surface area contributed by atoms with Crippen LogP contribution in [0.1, 0.15) is 5.69 Å². The maximum Gasteiger partial charge on any atom is 0.246 e. The molecular weight excluding hydrogens is 208 g/mol. The molecule has 0 saturated carbocycles. The van der Waals surface area contributed by atoms with E-state index in [1.165, 1.54) is 0 Å². The van der Waals surface area contributed by atoms with Crippen LogP contribution in [0.5, 0.6) is 0 Å². The zero-order chi connectivity index (χ0) is 11.5. The highest BCUT2D eigenvalue weighted by atomic mass is 16.2. The van der Waals surface area contributed by atoms with Crippen molar-refractivity contribution < 1.29 is 9.59 Å². The van der Waals surface area contributed by atoms with Crippen LogP contribution < -0.4 is 16.0 Å². The van der Waals surface area contributed by atoms with Crippen molar-refractivity contribution in [1.29, 1.82) is 0 Å². The number of pyridine rings is 1. The number of imide groups is 1. The number of carbonyl (C=O) groups is 2. The maximum atomic E-state index is 11.2. The summed E-state index contributed by atoms with van der Waals surface area (Å²) in [7, 11) is 0. The topological polar surface area (TPSA) is 88.3 Å². The molecule has 0 atom stereocenters. The predicted molar refractivity (Wildman–Crippen MR) is 57.5 cm³/mol. The highest BCUT2D eigenvalue weighted by molar-refractivity contribution is 6.02. The summed E-state index contributed by atoms with van der Waals surface area (Å²) in [6.07, 6.45) is 1.62. The Hall–Kier alpha value is -1.95. The second-order valence-corrected chi connectivity index (χ2v) is 3.54. The average Bonchev–Trinajstić information content (AvgIpc) is 2.28. The van der Waals surface area contributed by atoms with Gasteiger partial charge in [-0.3, -0.25) is 19.9 Å². The standard InChI is InChI=1S/C10H12N4O2/c11-3-7-1-2-8(4-12-7)14-5-9(15)13-10(16)6-14/h1-2,4H,3,5-6,11H2,(H,13,15,16). The summed E-state index contributed by atoms with van der Waals surface area (Å²) in [5.41, 5.74) is 6.95. The summed E-state index contributed by atoms with van der Waals surface area (Å²) in [4.78, 5) is 28.1. The number of nitrogens with one attached hydrogen (secondary N) is 1. The fourth-order valence-electron chi connectivity index (χ4n) is 1.54. The van der Waals surface area contributed by atoms with Crippen molar-refractivity contribution in [3.63, 3.8) is 0 Å². The van der Waals surface area contributed by atoms with Gasteiger partial charge in [0, 0.05) is 6.54 Å². The lowest BCUT2D eigenvalue weighted by Gasteiger charge is -2.27. The lowest BCUT2D eigenvalue weighted by atomic mass is 10.2. The zero-order valence-corrected chi connectivity index (χ0v) is 8.64. The number of rotatable bonds is 2. The molecule has 1 aromatic rings. The van der Waals surface area contributed by atoms with Gasteiger partial charge >= 0.3 is 0 Å². The molecule has 3 N–H and O–H groups in total. The Morgan fingerprint density at radius 2 is 2.00 bits per heavy atom. The van der Waals surface area contributed by atoms with Crippen LogP contribution in [0.25, 0.3) is 0 Å². The fraction of sp³-hybridized carbons (Fsp3) is 0.300. The third-order valence-electron chi connectivity index (χ3n) is 2.33. The Labute approximate surface area is 92.4 Å². The van der Waals surface area contributed by atoms with E-state index >= 15 is 0 Å². The predicted octanol–water partition coefficient (Wildman–Crippen LogP) is -0.997. The molecular formula is C10H12N4O2. The van der Waals surface area contributed by atoms with Gasteiger partial charge in [-0.25, -0.2) is 0 Å². The third-order valence-corrected chi connectivity index (χ3v) is 2.33. The van der Waals surface area contributed by atoms with Gasteiger partial charge in [0.25, 0.3) is 0 Å². The monoisotopic (exact) mass is 220 g/mol. The first-order chi connectivity index (χ1) is 7.69. The first-order valence-electron chi connectivity index (χ1n) is 4.91. The smallest absolute Gasteiger partial charge is 0.246 e.